The largest absolute Gasteiger partial charge is 0.490 e. The van der Waals surface area contributed by atoms with Gasteiger partial charge in [0.25, 0.3) is 0 Å². The first kappa shape index (κ1) is 18.5. The van der Waals surface area contributed by atoms with Crippen LogP contribution in [-0.2, 0) is 0 Å². The maximum absolute atomic E-state index is 12.2. The number of ketones is 1. The Balaban J connectivity index is 2.25. The van der Waals surface area contributed by atoms with Crippen molar-refractivity contribution in [1.29, 1.82) is 0 Å². The van der Waals surface area contributed by atoms with Gasteiger partial charge in [0.15, 0.2) is 17.3 Å². The summed E-state index contributed by atoms with van der Waals surface area (Å²) >= 11 is 2.22. The number of hydrogen-bond acceptors (Lipinski definition) is 3. The molecular formula is C20H21IO3. The molecule has 2 rings (SSSR count). The molecule has 0 bridgehead atoms. The Kier molecular flexibility index (Phi) is 6.85. The fraction of sp³-hybridized carbons (Fsp3) is 0.250. The Morgan fingerprint density at radius 3 is 2.38 bits per heavy atom. The summed E-state index contributed by atoms with van der Waals surface area (Å²) in [6.45, 7) is 7.02. The van der Waals surface area contributed by atoms with E-state index in [1.165, 1.54) is 0 Å². The van der Waals surface area contributed by atoms with Crippen LogP contribution in [0.1, 0.15) is 35.3 Å². The lowest BCUT2D eigenvalue weighted by molar-refractivity contribution is 0.104. The summed E-state index contributed by atoms with van der Waals surface area (Å²) in [6.07, 6.45) is 3.40. The second-order valence-electron chi connectivity index (χ2n) is 5.26. The van der Waals surface area contributed by atoms with Gasteiger partial charge in [-0.15, -0.1) is 0 Å². The van der Waals surface area contributed by atoms with E-state index in [1.807, 2.05) is 63.2 Å². The molecule has 0 atom stereocenters. The highest BCUT2D eigenvalue weighted by molar-refractivity contribution is 14.1. The van der Waals surface area contributed by atoms with Crippen molar-refractivity contribution in [2.24, 2.45) is 0 Å². The fourth-order valence-corrected chi connectivity index (χ4v) is 3.00. The van der Waals surface area contributed by atoms with Crippen molar-refractivity contribution in [1.82, 2.24) is 0 Å². The molecule has 0 aliphatic heterocycles. The van der Waals surface area contributed by atoms with Crippen molar-refractivity contribution in [2.75, 3.05) is 13.2 Å². The number of allylic oxidation sites excluding steroid dienone is 1. The van der Waals surface area contributed by atoms with Gasteiger partial charge < -0.3 is 9.47 Å². The second kappa shape index (κ2) is 8.87. The molecule has 24 heavy (non-hydrogen) atoms. The average molecular weight is 436 g/mol. The number of hydrogen-bond donors (Lipinski definition) is 0. The Labute approximate surface area is 156 Å². The lowest BCUT2D eigenvalue weighted by Crippen LogP contribution is -2.01. The number of benzene rings is 2. The number of aryl methyl sites for hydroxylation is 1. The van der Waals surface area contributed by atoms with Gasteiger partial charge in [-0.2, -0.15) is 0 Å². The first-order chi connectivity index (χ1) is 11.5. The second-order valence-corrected chi connectivity index (χ2v) is 6.42. The van der Waals surface area contributed by atoms with Gasteiger partial charge in [-0.25, -0.2) is 0 Å². The van der Waals surface area contributed by atoms with Crippen molar-refractivity contribution in [3.8, 4) is 11.5 Å². The lowest BCUT2D eigenvalue weighted by atomic mass is 10.1. The Morgan fingerprint density at radius 1 is 1.08 bits per heavy atom. The van der Waals surface area contributed by atoms with Crippen molar-refractivity contribution in [2.45, 2.75) is 20.8 Å². The maximum Gasteiger partial charge on any atom is 0.185 e. The number of rotatable bonds is 7. The van der Waals surface area contributed by atoms with Gasteiger partial charge in [-0.1, -0.05) is 35.9 Å². The molecule has 126 valence electrons. The normalized spacial score (nSPS) is 10.8. The number of carbonyl (C=O) groups is 1. The third kappa shape index (κ3) is 4.84. The molecule has 0 saturated carbocycles. The van der Waals surface area contributed by atoms with Gasteiger partial charge in [0, 0.05) is 5.56 Å². The molecule has 0 aliphatic carbocycles. The summed E-state index contributed by atoms with van der Waals surface area (Å²) in [7, 11) is 0. The first-order valence-corrected chi connectivity index (χ1v) is 9.01. The summed E-state index contributed by atoms with van der Waals surface area (Å²) in [5, 5.41) is 0. The van der Waals surface area contributed by atoms with Crippen LogP contribution >= 0.6 is 22.6 Å². The minimum absolute atomic E-state index is 0.0168. The van der Waals surface area contributed by atoms with Crippen LogP contribution < -0.4 is 9.47 Å². The van der Waals surface area contributed by atoms with Gasteiger partial charge in [0.2, 0.25) is 0 Å². The number of halogens is 1. The van der Waals surface area contributed by atoms with E-state index in [9.17, 15) is 4.79 Å². The molecule has 0 aliphatic rings. The van der Waals surface area contributed by atoms with Crippen molar-refractivity contribution in [3.63, 3.8) is 0 Å². The van der Waals surface area contributed by atoms with Crippen LogP contribution in [0.15, 0.2) is 42.5 Å². The molecule has 0 amide bonds. The molecule has 0 unspecified atom stereocenters. The molecule has 0 radical (unpaired) electrons. The minimum Gasteiger partial charge on any atom is -0.490 e. The summed E-state index contributed by atoms with van der Waals surface area (Å²) in [5.41, 5.74) is 2.73. The molecule has 4 heteroatoms. The SMILES string of the molecule is CCOc1cc(/C=C/C(=O)c2ccc(C)cc2)cc(I)c1OCC. The van der Waals surface area contributed by atoms with Crippen LogP contribution in [0.4, 0.5) is 0 Å². The van der Waals surface area contributed by atoms with E-state index in [0.29, 0.717) is 24.5 Å². The topological polar surface area (TPSA) is 35.5 Å². The molecule has 2 aromatic rings. The van der Waals surface area contributed by atoms with Crippen LogP contribution in [0.3, 0.4) is 0 Å². The standard InChI is InChI=1S/C20H21IO3/c1-4-23-19-13-15(12-17(21)20(19)24-5-2)8-11-18(22)16-9-6-14(3)7-10-16/h6-13H,4-5H2,1-3H3/b11-8+. The molecule has 0 saturated heterocycles. The molecule has 3 nitrogen and oxygen atoms in total. The minimum atomic E-state index is -0.0168. The van der Waals surface area contributed by atoms with Gasteiger partial charge in [0.05, 0.1) is 16.8 Å². The average Bonchev–Trinajstić information content (AvgIpc) is 2.56. The quantitative estimate of drug-likeness (QED) is 0.336. The highest BCUT2D eigenvalue weighted by Gasteiger charge is 2.11. The van der Waals surface area contributed by atoms with E-state index in [-0.39, 0.29) is 5.78 Å². The molecular weight excluding hydrogens is 415 g/mol. The van der Waals surface area contributed by atoms with E-state index in [4.69, 9.17) is 9.47 Å². The zero-order valence-electron chi connectivity index (χ0n) is 14.1. The van der Waals surface area contributed by atoms with Gasteiger partial charge in [-0.05, 0) is 67.1 Å². The van der Waals surface area contributed by atoms with E-state index in [0.717, 1.165) is 20.4 Å². The molecule has 0 N–H and O–H groups in total. The van der Waals surface area contributed by atoms with Crippen molar-refractivity contribution in [3.05, 3.63) is 62.7 Å². The Hall–Kier alpha value is -1.82. The van der Waals surface area contributed by atoms with E-state index in [1.54, 1.807) is 6.08 Å². The van der Waals surface area contributed by atoms with Crippen molar-refractivity contribution < 1.29 is 14.3 Å². The third-order valence-electron chi connectivity index (χ3n) is 3.38. The molecule has 2 aromatic carbocycles. The fourth-order valence-electron chi connectivity index (χ4n) is 2.22. The molecule has 0 fully saturated rings. The monoisotopic (exact) mass is 436 g/mol. The molecule has 0 spiro atoms. The van der Waals surface area contributed by atoms with Crippen LogP contribution in [0.5, 0.6) is 11.5 Å². The smallest absolute Gasteiger partial charge is 0.185 e. The summed E-state index contributed by atoms with van der Waals surface area (Å²) in [6, 6.07) is 11.4. The third-order valence-corrected chi connectivity index (χ3v) is 4.18. The summed E-state index contributed by atoms with van der Waals surface area (Å²) in [4.78, 5) is 12.2. The van der Waals surface area contributed by atoms with Crippen molar-refractivity contribution >= 4 is 34.5 Å². The first-order valence-electron chi connectivity index (χ1n) is 7.93. The van der Waals surface area contributed by atoms with Crippen LogP contribution in [0.25, 0.3) is 6.08 Å². The van der Waals surface area contributed by atoms with E-state index < -0.39 is 0 Å². The van der Waals surface area contributed by atoms with Crippen LogP contribution in [-0.4, -0.2) is 19.0 Å². The molecule has 0 aromatic heterocycles. The van der Waals surface area contributed by atoms with E-state index in [2.05, 4.69) is 22.6 Å². The predicted octanol–water partition coefficient (Wildman–Crippen LogP) is 5.29. The Morgan fingerprint density at radius 2 is 1.75 bits per heavy atom. The van der Waals surface area contributed by atoms with Gasteiger partial charge in [0.1, 0.15) is 0 Å². The zero-order chi connectivity index (χ0) is 17.5. The Bertz CT molecular complexity index is 733. The summed E-state index contributed by atoms with van der Waals surface area (Å²) in [5.74, 6) is 1.44. The number of carbonyl (C=O) groups excluding carboxylic acids is 1. The highest BCUT2D eigenvalue weighted by atomic mass is 127. The zero-order valence-corrected chi connectivity index (χ0v) is 16.3. The predicted molar refractivity (Wildman–Crippen MR) is 106 cm³/mol. The number of ether oxygens (including phenoxy) is 2. The highest BCUT2D eigenvalue weighted by Crippen LogP contribution is 2.34. The van der Waals surface area contributed by atoms with Gasteiger partial charge in [-0.3, -0.25) is 4.79 Å². The maximum atomic E-state index is 12.2. The van der Waals surface area contributed by atoms with Crippen LogP contribution in [0, 0.1) is 10.5 Å². The molecule has 0 heterocycles. The van der Waals surface area contributed by atoms with Gasteiger partial charge >= 0.3 is 0 Å². The van der Waals surface area contributed by atoms with E-state index >= 15 is 0 Å². The lowest BCUT2D eigenvalue weighted by Gasteiger charge is -2.13. The summed E-state index contributed by atoms with van der Waals surface area (Å²) < 4.78 is 12.3. The van der Waals surface area contributed by atoms with Crippen LogP contribution in [0.2, 0.25) is 0 Å².